The van der Waals surface area contributed by atoms with E-state index in [0.29, 0.717) is 19.6 Å². The SMILES string of the molecule is CN(CCNCc1ccc(Cl)s1)CC(F)(F)F. The zero-order valence-electron chi connectivity index (χ0n) is 9.35. The molecule has 0 saturated heterocycles. The van der Waals surface area contributed by atoms with Crippen molar-refractivity contribution >= 4 is 22.9 Å². The van der Waals surface area contributed by atoms with Gasteiger partial charge in [-0.05, 0) is 19.2 Å². The van der Waals surface area contributed by atoms with Crippen molar-refractivity contribution in [3.8, 4) is 0 Å². The molecule has 0 radical (unpaired) electrons. The quantitative estimate of drug-likeness (QED) is 0.809. The zero-order valence-corrected chi connectivity index (χ0v) is 10.9. The van der Waals surface area contributed by atoms with Gasteiger partial charge in [0.1, 0.15) is 0 Å². The van der Waals surface area contributed by atoms with Gasteiger partial charge in [0, 0.05) is 24.5 Å². The van der Waals surface area contributed by atoms with Gasteiger partial charge in [-0.2, -0.15) is 13.2 Å². The Morgan fingerprint density at radius 3 is 2.65 bits per heavy atom. The standard InChI is InChI=1S/C10H14ClF3N2S/c1-16(7-10(12,13)14)5-4-15-6-8-2-3-9(11)17-8/h2-3,15H,4-7H2,1H3. The fourth-order valence-corrected chi connectivity index (χ4v) is 2.37. The third-order valence-electron chi connectivity index (χ3n) is 2.05. The molecule has 0 aliphatic carbocycles. The smallest absolute Gasteiger partial charge is 0.311 e. The van der Waals surface area contributed by atoms with Crippen LogP contribution in [0.1, 0.15) is 4.88 Å². The maximum Gasteiger partial charge on any atom is 0.401 e. The molecule has 0 unspecified atom stereocenters. The Labute approximate surface area is 107 Å². The first-order chi connectivity index (χ1) is 7.87. The van der Waals surface area contributed by atoms with Gasteiger partial charge in [-0.15, -0.1) is 11.3 Å². The van der Waals surface area contributed by atoms with Crippen LogP contribution in [-0.2, 0) is 6.54 Å². The zero-order chi connectivity index (χ0) is 12.9. The minimum absolute atomic E-state index is 0.360. The van der Waals surface area contributed by atoms with Crippen molar-refractivity contribution in [3.05, 3.63) is 21.3 Å². The second-order valence-corrected chi connectivity index (χ2v) is 5.54. The number of likely N-dealkylation sites (N-methyl/N-ethyl adjacent to an activating group) is 1. The van der Waals surface area contributed by atoms with Crippen molar-refractivity contribution in [2.24, 2.45) is 0 Å². The molecule has 0 aliphatic heterocycles. The molecule has 0 aromatic carbocycles. The van der Waals surface area contributed by atoms with Crippen LogP contribution in [0.5, 0.6) is 0 Å². The molecule has 0 aliphatic rings. The summed E-state index contributed by atoms with van der Waals surface area (Å²) in [7, 11) is 1.46. The molecule has 0 saturated carbocycles. The van der Waals surface area contributed by atoms with E-state index >= 15 is 0 Å². The third-order valence-corrected chi connectivity index (χ3v) is 3.28. The van der Waals surface area contributed by atoms with E-state index in [1.165, 1.54) is 23.3 Å². The molecule has 0 amide bonds. The van der Waals surface area contributed by atoms with E-state index in [1.807, 2.05) is 6.07 Å². The lowest BCUT2D eigenvalue weighted by molar-refractivity contribution is -0.142. The van der Waals surface area contributed by atoms with Crippen LogP contribution in [0.25, 0.3) is 0 Å². The summed E-state index contributed by atoms with van der Waals surface area (Å²) in [5, 5.41) is 3.07. The lowest BCUT2D eigenvalue weighted by Crippen LogP contribution is -2.35. The summed E-state index contributed by atoms with van der Waals surface area (Å²) >= 11 is 7.22. The van der Waals surface area contributed by atoms with Gasteiger partial charge in [-0.1, -0.05) is 11.6 Å². The van der Waals surface area contributed by atoms with E-state index in [-0.39, 0.29) is 0 Å². The second kappa shape index (κ2) is 6.58. The molecule has 0 atom stereocenters. The molecule has 7 heteroatoms. The van der Waals surface area contributed by atoms with E-state index in [2.05, 4.69) is 5.32 Å². The average Bonchev–Trinajstić information content (AvgIpc) is 2.56. The average molecular weight is 287 g/mol. The Kier molecular flexibility index (Phi) is 5.72. The fraction of sp³-hybridized carbons (Fsp3) is 0.600. The Morgan fingerprint density at radius 2 is 2.12 bits per heavy atom. The molecule has 0 fully saturated rings. The highest BCUT2D eigenvalue weighted by atomic mass is 35.5. The van der Waals surface area contributed by atoms with E-state index in [1.54, 1.807) is 6.07 Å². The Balaban J connectivity index is 2.12. The van der Waals surface area contributed by atoms with Crippen molar-refractivity contribution in [3.63, 3.8) is 0 Å². The summed E-state index contributed by atoms with van der Waals surface area (Å²) in [6, 6.07) is 3.71. The van der Waals surface area contributed by atoms with Gasteiger partial charge in [-0.3, -0.25) is 4.90 Å². The maximum atomic E-state index is 12.0. The predicted molar refractivity (Wildman–Crippen MR) is 64.6 cm³/mol. The number of rotatable bonds is 6. The van der Waals surface area contributed by atoms with Crippen LogP contribution in [0.4, 0.5) is 13.2 Å². The lowest BCUT2D eigenvalue weighted by Gasteiger charge is -2.18. The highest BCUT2D eigenvalue weighted by molar-refractivity contribution is 7.16. The summed E-state index contributed by atoms with van der Waals surface area (Å²) < 4.78 is 36.7. The van der Waals surface area contributed by atoms with Crippen LogP contribution >= 0.6 is 22.9 Å². The molecule has 0 spiro atoms. The number of nitrogens with zero attached hydrogens (tertiary/aromatic N) is 1. The molecule has 1 N–H and O–H groups in total. The molecule has 98 valence electrons. The number of halogens is 4. The van der Waals surface area contributed by atoms with Crippen LogP contribution in [0.3, 0.4) is 0 Å². The lowest BCUT2D eigenvalue weighted by atomic mass is 10.4. The Hall–Kier alpha value is -0.300. The molecular formula is C10H14ClF3N2S. The van der Waals surface area contributed by atoms with Crippen molar-refractivity contribution < 1.29 is 13.2 Å². The largest absolute Gasteiger partial charge is 0.401 e. The van der Waals surface area contributed by atoms with E-state index in [9.17, 15) is 13.2 Å². The van der Waals surface area contributed by atoms with E-state index in [0.717, 1.165) is 9.21 Å². The number of hydrogen-bond donors (Lipinski definition) is 1. The number of thiophene rings is 1. The van der Waals surface area contributed by atoms with Gasteiger partial charge in [-0.25, -0.2) is 0 Å². The van der Waals surface area contributed by atoms with Gasteiger partial charge in [0.05, 0.1) is 10.9 Å². The van der Waals surface area contributed by atoms with Crippen LogP contribution in [0.2, 0.25) is 4.34 Å². The molecule has 1 aromatic rings. The van der Waals surface area contributed by atoms with Gasteiger partial charge in [0.2, 0.25) is 0 Å². The van der Waals surface area contributed by atoms with E-state index in [4.69, 9.17) is 11.6 Å². The first-order valence-electron chi connectivity index (χ1n) is 5.07. The maximum absolute atomic E-state index is 12.0. The molecule has 2 nitrogen and oxygen atoms in total. The molecule has 17 heavy (non-hydrogen) atoms. The second-order valence-electron chi connectivity index (χ2n) is 3.74. The molecular weight excluding hydrogens is 273 g/mol. The van der Waals surface area contributed by atoms with Crippen LogP contribution in [0.15, 0.2) is 12.1 Å². The fourth-order valence-electron chi connectivity index (χ4n) is 1.31. The first kappa shape index (κ1) is 14.8. The number of nitrogens with one attached hydrogen (secondary N) is 1. The van der Waals surface area contributed by atoms with Crippen molar-refractivity contribution in [2.45, 2.75) is 12.7 Å². The molecule has 0 bridgehead atoms. The highest BCUT2D eigenvalue weighted by Gasteiger charge is 2.28. The van der Waals surface area contributed by atoms with Gasteiger partial charge in [0.15, 0.2) is 0 Å². The topological polar surface area (TPSA) is 15.3 Å². The molecule has 1 rings (SSSR count). The van der Waals surface area contributed by atoms with Crippen molar-refractivity contribution in [1.82, 2.24) is 10.2 Å². The summed E-state index contributed by atoms with van der Waals surface area (Å²) in [4.78, 5) is 2.32. The van der Waals surface area contributed by atoms with Gasteiger partial charge >= 0.3 is 6.18 Å². The summed E-state index contributed by atoms with van der Waals surface area (Å²) in [6.45, 7) is 0.636. The van der Waals surface area contributed by atoms with Crippen LogP contribution in [0, 0.1) is 0 Å². The first-order valence-corrected chi connectivity index (χ1v) is 6.26. The van der Waals surface area contributed by atoms with Gasteiger partial charge in [0.25, 0.3) is 0 Å². The van der Waals surface area contributed by atoms with Crippen LogP contribution in [-0.4, -0.2) is 37.8 Å². The Bertz CT molecular complexity index is 341. The van der Waals surface area contributed by atoms with Crippen LogP contribution < -0.4 is 5.32 Å². The third kappa shape index (κ3) is 6.88. The molecule has 1 heterocycles. The predicted octanol–water partition coefficient (Wildman–Crippen LogP) is 2.99. The number of alkyl halides is 3. The minimum atomic E-state index is -4.13. The Morgan fingerprint density at radius 1 is 1.41 bits per heavy atom. The summed E-state index contributed by atoms with van der Waals surface area (Å²) in [6.07, 6.45) is -4.13. The van der Waals surface area contributed by atoms with E-state index < -0.39 is 12.7 Å². The normalized spacial score (nSPS) is 12.4. The van der Waals surface area contributed by atoms with Crippen molar-refractivity contribution in [1.29, 1.82) is 0 Å². The number of hydrogen-bond acceptors (Lipinski definition) is 3. The summed E-state index contributed by atoms with van der Waals surface area (Å²) in [5.74, 6) is 0. The monoisotopic (exact) mass is 286 g/mol. The minimum Gasteiger partial charge on any atom is -0.311 e. The highest BCUT2D eigenvalue weighted by Crippen LogP contribution is 2.20. The van der Waals surface area contributed by atoms with Crippen molar-refractivity contribution in [2.75, 3.05) is 26.7 Å². The summed E-state index contributed by atoms with van der Waals surface area (Å²) in [5.41, 5.74) is 0. The molecule has 1 aromatic heterocycles. The van der Waals surface area contributed by atoms with Gasteiger partial charge < -0.3 is 5.32 Å².